The van der Waals surface area contributed by atoms with Crippen molar-refractivity contribution >= 4 is 22.0 Å². The molecule has 1 amide bonds. The Balaban J connectivity index is 1.45. The van der Waals surface area contributed by atoms with Crippen molar-refractivity contribution in [2.45, 2.75) is 13.5 Å². The van der Waals surface area contributed by atoms with Crippen LogP contribution in [0.25, 0.3) is 6.08 Å². The molecule has 7 heteroatoms. The zero-order valence-corrected chi connectivity index (χ0v) is 17.4. The Kier molecular flexibility index (Phi) is 7.19. The van der Waals surface area contributed by atoms with Gasteiger partial charge in [0.25, 0.3) is 0 Å². The number of carbonyl (C=O) groups is 1. The van der Waals surface area contributed by atoms with Crippen molar-refractivity contribution in [1.82, 2.24) is 14.5 Å². The molecule has 0 aromatic heterocycles. The van der Waals surface area contributed by atoms with Crippen LogP contribution >= 0.6 is 0 Å². The Morgan fingerprint density at radius 3 is 2.34 bits per heavy atom. The van der Waals surface area contributed by atoms with Crippen LogP contribution < -0.4 is 5.32 Å². The molecule has 6 nitrogen and oxygen atoms in total. The van der Waals surface area contributed by atoms with Gasteiger partial charge in [0.1, 0.15) is 0 Å². The van der Waals surface area contributed by atoms with Crippen molar-refractivity contribution in [3.05, 3.63) is 76.7 Å². The highest BCUT2D eigenvalue weighted by Crippen LogP contribution is 2.12. The monoisotopic (exact) mass is 413 g/mol. The van der Waals surface area contributed by atoms with Crippen LogP contribution in [0.4, 0.5) is 0 Å². The second kappa shape index (κ2) is 9.82. The number of sulfonamides is 1. The van der Waals surface area contributed by atoms with E-state index in [1.54, 1.807) is 6.08 Å². The molecule has 2 aromatic rings. The summed E-state index contributed by atoms with van der Waals surface area (Å²) in [6.45, 7) is 4.64. The maximum Gasteiger partial charge on any atom is 0.236 e. The summed E-state index contributed by atoms with van der Waals surface area (Å²) in [6.07, 6.45) is 1.61. The number of nitrogens with one attached hydrogen (secondary N) is 1. The molecule has 1 aliphatic rings. The second-order valence-corrected chi connectivity index (χ2v) is 8.96. The Morgan fingerprint density at radius 2 is 1.66 bits per heavy atom. The fourth-order valence-corrected chi connectivity index (χ4v) is 4.39. The number of benzene rings is 2. The topological polar surface area (TPSA) is 69.7 Å². The van der Waals surface area contributed by atoms with E-state index < -0.39 is 10.0 Å². The summed E-state index contributed by atoms with van der Waals surface area (Å²) in [5.74, 6) is -0.0477. The highest BCUT2D eigenvalue weighted by molar-refractivity contribution is 7.92. The highest BCUT2D eigenvalue weighted by Gasteiger charge is 2.25. The van der Waals surface area contributed by atoms with Crippen molar-refractivity contribution < 1.29 is 13.2 Å². The average molecular weight is 414 g/mol. The van der Waals surface area contributed by atoms with Crippen LogP contribution in [0.1, 0.15) is 16.7 Å². The maximum atomic E-state index is 12.5. The third-order valence-corrected chi connectivity index (χ3v) is 6.59. The van der Waals surface area contributed by atoms with E-state index in [9.17, 15) is 13.2 Å². The zero-order valence-electron chi connectivity index (χ0n) is 16.6. The van der Waals surface area contributed by atoms with Crippen LogP contribution in [0.2, 0.25) is 0 Å². The number of aryl methyl sites for hydroxylation is 1. The van der Waals surface area contributed by atoms with Crippen molar-refractivity contribution in [1.29, 1.82) is 0 Å². The first kappa shape index (κ1) is 21.2. The van der Waals surface area contributed by atoms with Gasteiger partial charge in [0, 0.05) is 38.1 Å². The average Bonchev–Trinajstić information content (AvgIpc) is 2.73. The molecule has 2 aromatic carbocycles. The summed E-state index contributed by atoms with van der Waals surface area (Å²) in [6, 6.07) is 17.3. The van der Waals surface area contributed by atoms with Crippen LogP contribution in [0.5, 0.6) is 0 Å². The summed E-state index contributed by atoms with van der Waals surface area (Å²) < 4.78 is 26.5. The Labute approximate surface area is 172 Å². The van der Waals surface area contributed by atoms with E-state index in [-0.39, 0.29) is 12.5 Å². The van der Waals surface area contributed by atoms with E-state index in [0.29, 0.717) is 32.7 Å². The van der Waals surface area contributed by atoms with Crippen LogP contribution in [0.3, 0.4) is 0 Å². The van der Waals surface area contributed by atoms with Gasteiger partial charge in [0.2, 0.25) is 15.9 Å². The number of piperazine rings is 1. The number of rotatable bonds is 7. The molecule has 1 aliphatic heterocycles. The van der Waals surface area contributed by atoms with Gasteiger partial charge in [-0.25, -0.2) is 8.42 Å². The van der Waals surface area contributed by atoms with Gasteiger partial charge in [0.05, 0.1) is 6.54 Å². The predicted molar refractivity (Wildman–Crippen MR) is 115 cm³/mol. The molecule has 1 N–H and O–H groups in total. The molecular weight excluding hydrogens is 386 g/mol. The van der Waals surface area contributed by atoms with Crippen LogP contribution in [0, 0.1) is 6.92 Å². The summed E-state index contributed by atoms with van der Waals surface area (Å²) >= 11 is 0. The van der Waals surface area contributed by atoms with Crippen molar-refractivity contribution in [2.24, 2.45) is 0 Å². The molecule has 0 unspecified atom stereocenters. The zero-order chi connectivity index (χ0) is 20.7. The molecule has 154 valence electrons. The summed E-state index contributed by atoms with van der Waals surface area (Å²) in [4.78, 5) is 14.2. The van der Waals surface area contributed by atoms with E-state index >= 15 is 0 Å². The molecular formula is C22H27N3O3S. The molecule has 29 heavy (non-hydrogen) atoms. The predicted octanol–water partition coefficient (Wildman–Crippen LogP) is 2.23. The van der Waals surface area contributed by atoms with Gasteiger partial charge in [-0.05, 0) is 29.7 Å². The van der Waals surface area contributed by atoms with E-state index in [1.807, 2.05) is 66.4 Å². The van der Waals surface area contributed by atoms with E-state index in [4.69, 9.17) is 0 Å². The minimum Gasteiger partial charge on any atom is -0.351 e. The number of hydrogen-bond acceptors (Lipinski definition) is 4. The van der Waals surface area contributed by atoms with Crippen LogP contribution in [-0.4, -0.2) is 56.3 Å². The molecule has 0 bridgehead atoms. The number of hydrogen-bond donors (Lipinski definition) is 1. The van der Waals surface area contributed by atoms with Gasteiger partial charge in [-0.3, -0.25) is 9.69 Å². The number of carbonyl (C=O) groups excluding carboxylic acids is 1. The first-order chi connectivity index (χ1) is 13.9. The lowest BCUT2D eigenvalue weighted by Gasteiger charge is -2.32. The van der Waals surface area contributed by atoms with Crippen molar-refractivity contribution in [3.63, 3.8) is 0 Å². The Bertz CT molecular complexity index is 950. The number of amides is 1. The fraction of sp³-hybridized carbons (Fsp3) is 0.318. The van der Waals surface area contributed by atoms with Gasteiger partial charge < -0.3 is 5.32 Å². The van der Waals surface area contributed by atoms with Crippen LogP contribution in [0.15, 0.2) is 60.0 Å². The lowest BCUT2D eigenvalue weighted by molar-refractivity contribution is -0.122. The molecule has 1 fully saturated rings. The summed E-state index contributed by atoms with van der Waals surface area (Å²) in [5.41, 5.74) is 3.09. The number of nitrogens with zero attached hydrogens (tertiary/aromatic N) is 2. The molecule has 3 rings (SSSR count). The first-order valence-electron chi connectivity index (χ1n) is 9.71. The second-order valence-electron chi connectivity index (χ2n) is 7.14. The van der Waals surface area contributed by atoms with Crippen LogP contribution in [-0.2, 0) is 21.4 Å². The molecule has 0 aliphatic carbocycles. The molecule has 0 atom stereocenters. The van der Waals surface area contributed by atoms with Gasteiger partial charge >= 0.3 is 0 Å². The fourth-order valence-electron chi connectivity index (χ4n) is 3.22. The molecule has 1 heterocycles. The minimum absolute atomic E-state index is 0.0477. The molecule has 0 spiro atoms. The SMILES string of the molecule is Cc1ccccc1CNC(=O)CN1CCN(S(=O)(=O)/C=C/c2ccccc2)CC1. The van der Waals surface area contributed by atoms with E-state index in [0.717, 1.165) is 16.7 Å². The molecule has 0 saturated carbocycles. The van der Waals surface area contributed by atoms with E-state index in [2.05, 4.69) is 5.32 Å². The van der Waals surface area contributed by atoms with Crippen molar-refractivity contribution in [3.8, 4) is 0 Å². The molecule has 1 saturated heterocycles. The third-order valence-electron chi connectivity index (χ3n) is 5.03. The van der Waals surface area contributed by atoms with Crippen molar-refractivity contribution in [2.75, 3.05) is 32.7 Å². The van der Waals surface area contributed by atoms with Gasteiger partial charge in [-0.1, -0.05) is 54.6 Å². The lowest BCUT2D eigenvalue weighted by atomic mass is 10.1. The highest BCUT2D eigenvalue weighted by atomic mass is 32.2. The summed E-state index contributed by atoms with van der Waals surface area (Å²) in [5, 5.41) is 4.20. The van der Waals surface area contributed by atoms with Gasteiger partial charge in [-0.2, -0.15) is 4.31 Å². The smallest absolute Gasteiger partial charge is 0.236 e. The standard InChI is InChI=1S/C22H27N3O3S/c1-19-7-5-6-10-21(19)17-23-22(26)18-24-12-14-25(15-13-24)29(27,28)16-11-20-8-3-2-4-9-20/h2-11,16H,12-15,17-18H2,1H3,(H,23,26)/b16-11+. The minimum atomic E-state index is -3.46. The van der Waals surface area contributed by atoms with Gasteiger partial charge in [-0.15, -0.1) is 0 Å². The quantitative estimate of drug-likeness (QED) is 0.756. The third kappa shape index (κ3) is 6.25. The normalized spacial score (nSPS) is 16.2. The van der Waals surface area contributed by atoms with Gasteiger partial charge in [0.15, 0.2) is 0 Å². The Morgan fingerprint density at radius 1 is 1.00 bits per heavy atom. The first-order valence-corrected chi connectivity index (χ1v) is 11.2. The van der Waals surface area contributed by atoms with E-state index in [1.165, 1.54) is 9.71 Å². The summed E-state index contributed by atoms with van der Waals surface area (Å²) in [7, 11) is -3.46. The Hall–Kier alpha value is -2.48. The molecule has 0 radical (unpaired) electrons. The maximum absolute atomic E-state index is 12.5. The lowest BCUT2D eigenvalue weighted by Crippen LogP contribution is -2.50. The largest absolute Gasteiger partial charge is 0.351 e.